The Morgan fingerprint density at radius 2 is 1.79 bits per heavy atom. The highest BCUT2D eigenvalue weighted by molar-refractivity contribution is 5.80. The highest BCUT2D eigenvalue weighted by Crippen LogP contribution is 2.19. The second kappa shape index (κ2) is 9.54. The van der Waals surface area contributed by atoms with Crippen molar-refractivity contribution in [3.05, 3.63) is 35.9 Å². The minimum absolute atomic E-state index is 0.0165. The van der Waals surface area contributed by atoms with Crippen LogP contribution in [0.2, 0.25) is 0 Å². The lowest BCUT2D eigenvalue weighted by Gasteiger charge is -2.37. The van der Waals surface area contributed by atoms with E-state index in [1.807, 2.05) is 40.1 Å². The number of benzene rings is 1. The van der Waals surface area contributed by atoms with Crippen LogP contribution in [0.3, 0.4) is 0 Å². The standard InChI is InChI=1S/C20H27N3O5/c24-18-13-21(14-19(25)28-15-17-4-2-1-3-5-17)10-11-23(18)12-16-6-8-22(9-7-16)20(26)27/h1-5,16H,6-15H2,(H,26,27). The highest BCUT2D eigenvalue weighted by atomic mass is 16.5. The third-order valence-electron chi connectivity index (χ3n) is 5.36. The summed E-state index contributed by atoms with van der Waals surface area (Å²) in [4.78, 5) is 40.5. The largest absolute Gasteiger partial charge is 0.465 e. The molecule has 2 heterocycles. The molecule has 8 nitrogen and oxygen atoms in total. The Bertz CT molecular complexity index is 688. The van der Waals surface area contributed by atoms with Crippen LogP contribution in [0.15, 0.2) is 30.3 Å². The van der Waals surface area contributed by atoms with E-state index in [0.717, 1.165) is 18.4 Å². The molecule has 0 aromatic heterocycles. The van der Waals surface area contributed by atoms with Gasteiger partial charge in [-0.25, -0.2) is 4.79 Å². The maximum Gasteiger partial charge on any atom is 0.407 e. The fourth-order valence-corrected chi connectivity index (χ4v) is 3.67. The number of nitrogens with zero attached hydrogens (tertiary/aromatic N) is 3. The maximum absolute atomic E-state index is 12.4. The molecule has 1 aromatic rings. The molecule has 1 aromatic carbocycles. The molecule has 0 spiro atoms. The van der Waals surface area contributed by atoms with Gasteiger partial charge in [-0.15, -0.1) is 0 Å². The first-order valence-electron chi connectivity index (χ1n) is 9.69. The van der Waals surface area contributed by atoms with Crippen molar-refractivity contribution in [1.29, 1.82) is 0 Å². The van der Waals surface area contributed by atoms with Gasteiger partial charge in [0, 0.05) is 32.7 Å². The number of carbonyl (C=O) groups excluding carboxylic acids is 2. The Labute approximate surface area is 164 Å². The van der Waals surface area contributed by atoms with Crippen LogP contribution < -0.4 is 0 Å². The van der Waals surface area contributed by atoms with Gasteiger partial charge in [0.2, 0.25) is 5.91 Å². The first-order chi connectivity index (χ1) is 13.5. The maximum atomic E-state index is 12.4. The highest BCUT2D eigenvalue weighted by Gasteiger charge is 2.29. The SMILES string of the molecule is O=C(CN1CCN(CC2CCN(C(=O)O)CC2)C(=O)C1)OCc1ccccc1. The number of piperidine rings is 1. The van der Waals surface area contributed by atoms with E-state index in [4.69, 9.17) is 9.84 Å². The number of carboxylic acid groups (broad SMARTS) is 1. The second-order valence-electron chi connectivity index (χ2n) is 7.41. The summed E-state index contributed by atoms with van der Waals surface area (Å²) in [7, 11) is 0. The van der Waals surface area contributed by atoms with Crippen molar-refractivity contribution in [2.24, 2.45) is 5.92 Å². The Hall–Kier alpha value is -2.61. The summed E-state index contributed by atoms with van der Waals surface area (Å²) >= 11 is 0. The lowest BCUT2D eigenvalue weighted by atomic mass is 9.96. The summed E-state index contributed by atoms with van der Waals surface area (Å²) in [5, 5.41) is 9.01. The average Bonchev–Trinajstić information content (AvgIpc) is 2.70. The summed E-state index contributed by atoms with van der Waals surface area (Å²) in [6.07, 6.45) is 0.694. The molecule has 8 heteroatoms. The summed E-state index contributed by atoms with van der Waals surface area (Å²) in [6.45, 7) is 3.52. The number of rotatable bonds is 6. The molecule has 0 radical (unpaired) electrons. The van der Waals surface area contributed by atoms with Crippen molar-refractivity contribution in [3.8, 4) is 0 Å². The number of likely N-dealkylation sites (tertiary alicyclic amines) is 1. The van der Waals surface area contributed by atoms with Crippen LogP contribution in [0, 0.1) is 5.92 Å². The van der Waals surface area contributed by atoms with Gasteiger partial charge in [0.05, 0.1) is 13.1 Å². The fourth-order valence-electron chi connectivity index (χ4n) is 3.67. The predicted molar refractivity (Wildman–Crippen MR) is 102 cm³/mol. The van der Waals surface area contributed by atoms with Crippen LogP contribution >= 0.6 is 0 Å². The number of amides is 2. The number of hydrogen-bond donors (Lipinski definition) is 1. The number of esters is 1. The van der Waals surface area contributed by atoms with Crippen molar-refractivity contribution in [2.45, 2.75) is 19.4 Å². The van der Waals surface area contributed by atoms with Gasteiger partial charge < -0.3 is 19.6 Å². The normalized spacial score (nSPS) is 18.9. The molecule has 0 bridgehead atoms. The summed E-state index contributed by atoms with van der Waals surface area (Å²) < 4.78 is 5.29. The van der Waals surface area contributed by atoms with Gasteiger partial charge in [-0.3, -0.25) is 14.5 Å². The smallest absolute Gasteiger partial charge is 0.407 e. The van der Waals surface area contributed by atoms with Crippen LogP contribution in [0.5, 0.6) is 0 Å². The zero-order valence-electron chi connectivity index (χ0n) is 16.0. The van der Waals surface area contributed by atoms with E-state index in [1.54, 1.807) is 0 Å². The van der Waals surface area contributed by atoms with E-state index in [1.165, 1.54) is 4.90 Å². The number of piperazine rings is 1. The molecule has 0 atom stereocenters. The van der Waals surface area contributed by atoms with Crippen LogP contribution in [0.4, 0.5) is 4.79 Å². The molecular formula is C20H27N3O5. The second-order valence-corrected chi connectivity index (χ2v) is 7.41. The molecule has 2 fully saturated rings. The van der Waals surface area contributed by atoms with Crippen LogP contribution in [0.25, 0.3) is 0 Å². The molecule has 2 aliphatic heterocycles. The number of ether oxygens (including phenoxy) is 1. The van der Waals surface area contributed by atoms with Gasteiger partial charge in [0.25, 0.3) is 0 Å². The third kappa shape index (κ3) is 5.69. The van der Waals surface area contributed by atoms with Crippen LogP contribution in [0.1, 0.15) is 18.4 Å². The Balaban J connectivity index is 1.37. The van der Waals surface area contributed by atoms with Gasteiger partial charge in [0.1, 0.15) is 6.61 Å². The first kappa shape index (κ1) is 20.1. The van der Waals surface area contributed by atoms with Crippen molar-refractivity contribution < 1.29 is 24.2 Å². The Kier molecular flexibility index (Phi) is 6.86. The molecule has 152 valence electrons. The van der Waals surface area contributed by atoms with E-state index in [9.17, 15) is 14.4 Å². The van der Waals surface area contributed by atoms with Crippen molar-refractivity contribution >= 4 is 18.0 Å². The number of hydrogen-bond acceptors (Lipinski definition) is 5. The lowest BCUT2D eigenvalue weighted by molar-refractivity contribution is -0.148. The summed E-state index contributed by atoms with van der Waals surface area (Å²) in [5.74, 6) is 0.0239. The summed E-state index contributed by atoms with van der Waals surface area (Å²) in [6, 6.07) is 9.50. The summed E-state index contributed by atoms with van der Waals surface area (Å²) in [5.41, 5.74) is 0.936. The quantitative estimate of drug-likeness (QED) is 0.737. The van der Waals surface area contributed by atoms with Crippen LogP contribution in [-0.2, 0) is 20.9 Å². The van der Waals surface area contributed by atoms with E-state index in [-0.39, 0.29) is 31.6 Å². The minimum atomic E-state index is -0.873. The lowest BCUT2D eigenvalue weighted by Crippen LogP contribution is -2.53. The van der Waals surface area contributed by atoms with E-state index in [2.05, 4.69) is 0 Å². The third-order valence-corrected chi connectivity index (χ3v) is 5.36. The van der Waals surface area contributed by atoms with Crippen LogP contribution in [-0.4, -0.2) is 83.6 Å². The fraction of sp³-hybridized carbons (Fsp3) is 0.550. The molecule has 3 rings (SSSR count). The van der Waals surface area contributed by atoms with Crippen molar-refractivity contribution in [3.63, 3.8) is 0 Å². The van der Waals surface area contributed by atoms with Crippen molar-refractivity contribution in [1.82, 2.24) is 14.7 Å². The first-order valence-corrected chi connectivity index (χ1v) is 9.69. The zero-order valence-corrected chi connectivity index (χ0v) is 16.0. The number of carbonyl (C=O) groups is 3. The van der Waals surface area contributed by atoms with E-state index < -0.39 is 6.09 Å². The van der Waals surface area contributed by atoms with E-state index in [0.29, 0.717) is 38.6 Å². The Morgan fingerprint density at radius 1 is 1.07 bits per heavy atom. The molecular weight excluding hydrogens is 362 g/mol. The van der Waals surface area contributed by atoms with Gasteiger partial charge in [-0.1, -0.05) is 30.3 Å². The molecule has 2 aliphatic rings. The topological polar surface area (TPSA) is 90.4 Å². The molecule has 2 amide bonds. The monoisotopic (exact) mass is 389 g/mol. The molecule has 2 saturated heterocycles. The minimum Gasteiger partial charge on any atom is -0.465 e. The molecule has 0 unspecified atom stereocenters. The van der Waals surface area contributed by atoms with Gasteiger partial charge in [-0.05, 0) is 24.3 Å². The van der Waals surface area contributed by atoms with Gasteiger partial charge in [0.15, 0.2) is 0 Å². The molecule has 28 heavy (non-hydrogen) atoms. The van der Waals surface area contributed by atoms with Gasteiger partial charge >= 0.3 is 12.1 Å². The Morgan fingerprint density at radius 3 is 2.43 bits per heavy atom. The molecule has 0 saturated carbocycles. The average molecular weight is 389 g/mol. The zero-order chi connectivity index (χ0) is 19.9. The van der Waals surface area contributed by atoms with Crippen molar-refractivity contribution in [2.75, 3.05) is 45.8 Å². The molecule has 1 N–H and O–H groups in total. The predicted octanol–water partition coefficient (Wildman–Crippen LogP) is 1.26. The van der Waals surface area contributed by atoms with Gasteiger partial charge in [-0.2, -0.15) is 0 Å². The van der Waals surface area contributed by atoms with E-state index >= 15 is 0 Å². The molecule has 0 aliphatic carbocycles.